The van der Waals surface area contributed by atoms with Crippen molar-refractivity contribution in [3.63, 3.8) is 0 Å². The van der Waals surface area contributed by atoms with Crippen LogP contribution in [0.15, 0.2) is 0 Å². The van der Waals surface area contributed by atoms with Crippen LogP contribution in [-0.2, 0) is 10.1 Å². The van der Waals surface area contributed by atoms with Gasteiger partial charge in [0.25, 0.3) is 10.1 Å². The number of aliphatic hydroxyl groups excluding tert-OH is 1. The second-order valence-electron chi connectivity index (χ2n) is 3.17. The molecule has 0 rings (SSSR count). The molecule has 0 spiro atoms. The number of rotatable bonds is 6. The monoisotopic (exact) mass is 210 g/mol. The number of unbranched alkanes of at least 4 members (excludes halogenated alkanes) is 1. The summed E-state index contributed by atoms with van der Waals surface area (Å²) in [6.07, 6.45) is 1.39. The van der Waals surface area contributed by atoms with Crippen LogP contribution in [0.5, 0.6) is 0 Å². The maximum absolute atomic E-state index is 10.8. The van der Waals surface area contributed by atoms with E-state index in [-0.39, 0.29) is 6.42 Å². The zero-order valence-corrected chi connectivity index (χ0v) is 8.92. The molecule has 0 aromatic rings. The Morgan fingerprint density at radius 2 is 1.85 bits per heavy atom. The maximum Gasteiger partial charge on any atom is 0.270 e. The topological polar surface area (TPSA) is 74.6 Å². The van der Waals surface area contributed by atoms with Crippen molar-refractivity contribution in [3.8, 4) is 0 Å². The van der Waals surface area contributed by atoms with E-state index >= 15 is 0 Å². The standard InChI is InChI=1S/C8H18O4S/c1-3-5-6-7(9)8(4-2)13(10,11)12/h7-9H,3-6H2,1-2H3,(H,10,11,12). The van der Waals surface area contributed by atoms with E-state index in [4.69, 9.17) is 4.55 Å². The first-order valence-corrected chi connectivity index (χ1v) is 6.08. The van der Waals surface area contributed by atoms with Gasteiger partial charge in [-0.1, -0.05) is 26.7 Å². The highest BCUT2D eigenvalue weighted by Gasteiger charge is 2.28. The zero-order chi connectivity index (χ0) is 10.5. The molecule has 0 aliphatic rings. The first kappa shape index (κ1) is 12.9. The molecule has 5 heteroatoms. The Hall–Kier alpha value is -0.130. The smallest absolute Gasteiger partial charge is 0.270 e. The molecule has 80 valence electrons. The molecule has 0 bridgehead atoms. The van der Waals surface area contributed by atoms with E-state index in [2.05, 4.69) is 0 Å². The van der Waals surface area contributed by atoms with Gasteiger partial charge in [0.15, 0.2) is 0 Å². The van der Waals surface area contributed by atoms with Crippen LogP contribution in [0.2, 0.25) is 0 Å². The molecule has 0 aromatic carbocycles. The second kappa shape index (κ2) is 5.57. The van der Waals surface area contributed by atoms with E-state index in [9.17, 15) is 13.5 Å². The van der Waals surface area contributed by atoms with E-state index < -0.39 is 21.5 Å². The number of hydrogen-bond acceptors (Lipinski definition) is 3. The Morgan fingerprint density at radius 3 is 2.15 bits per heavy atom. The first-order chi connectivity index (χ1) is 5.93. The van der Waals surface area contributed by atoms with Gasteiger partial charge in [0.1, 0.15) is 5.25 Å². The molecule has 2 unspecified atom stereocenters. The van der Waals surface area contributed by atoms with Crippen LogP contribution in [0.4, 0.5) is 0 Å². The summed E-state index contributed by atoms with van der Waals surface area (Å²) in [6.45, 7) is 3.59. The van der Waals surface area contributed by atoms with Gasteiger partial charge in [-0.05, 0) is 12.8 Å². The van der Waals surface area contributed by atoms with Crippen LogP contribution in [-0.4, -0.2) is 29.4 Å². The van der Waals surface area contributed by atoms with Crippen molar-refractivity contribution in [2.45, 2.75) is 50.9 Å². The summed E-state index contributed by atoms with van der Waals surface area (Å²) in [4.78, 5) is 0. The predicted octanol–water partition coefficient (Wildman–Crippen LogP) is 1.20. The lowest BCUT2D eigenvalue weighted by molar-refractivity contribution is 0.150. The summed E-state index contributed by atoms with van der Waals surface area (Å²) in [5.41, 5.74) is 0. The van der Waals surface area contributed by atoms with E-state index in [0.29, 0.717) is 6.42 Å². The third kappa shape index (κ3) is 4.59. The third-order valence-electron chi connectivity index (χ3n) is 2.07. The Morgan fingerprint density at radius 1 is 1.31 bits per heavy atom. The molecule has 13 heavy (non-hydrogen) atoms. The first-order valence-electron chi connectivity index (χ1n) is 4.57. The highest BCUT2D eigenvalue weighted by atomic mass is 32.2. The quantitative estimate of drug-likeness (QED) is 0.646. The fraction of sp³-hybridized carbons (Fsp3) is 1.00. The molecule has 2 atom stereocenters. The molecule has 0 saturated heterocycles. The largest absolute Gasteiger partial charge is 0.392 e. The van der Waals surface area contributed by atoms with Gasteiger partial charge >= 0.3 is 0 Å². The van der Waals surface area contributed by atoms with Crippen LogP contribution in [0, 0.1) is 0 Å². The van der Waals surface area contributed by atoms with Crippen molar-refractivity contribution < 1.29 is 18.1 Å². The average Bonchev–Trinajstić information content (AvgIpc) is 1.99. The fourth-order valence-corrected chi connectivity index (χ4v) is 2.23. The molecule has 0 aromatic heterocycles. The summed E-state index contributed by atoms with van der Waals surface area (Å²) in [5, 5.41) is 8.41. The molecule has 2 N–H and O–H groups in total. The minimum absolute atomic E-state index is 0.240. The molecule has 0 aliphatic carbocycles. The molecule has 0 heterocycles. The Labute approximate surface area is 79.7 Å². The highest BCUT2D eigenvalue weighted by Crippen LogP contribution is 2.14. The second-order valence-corrected chi connectivity index (χ2v) is 4.81. The summed E-state index contributed by atoms with van der Waals surface area (Å²) >= 11 is 0. The minimum atomic E-state index is -4.09. The van der Waals surface area contributed by atoms with Gasteiger partial charge in [0.05, 0.1) is 6.10 Å². The van der Waals surface area contributed by atoms with E-state index in [1.54, 1.807) is 6.92 Å². The van der Waals surface area contributed by atoms with E-state index in [0.717, 1.165) is 12.8 Å². The molecule has 0 aliphatic heterocycles. The van der Waals surface area contributed by atoms with Gasteiger partial charge in [-0.25, -0.2) is 0 Å². The van der Waals surface area contributed by atoms with Gasteiger partial charge in [-0.2, -0.15) is 8.42 Å². The summed E-state index contributed by atoms with van der Waals surface area (Å²) < 4.78 is 30.3. The molecular weight excluding hydrogens is 192 g/mol. The van der Waals surface area contributed by atoms with Crippen molar-refractivity contribution in [2.24, 2.45) is 0 Å². The summed E-state index contributed by atoms with van der Waals surface area (Å²) in [5.74, 6) is 0. The van der Waals surface area contributed by atoms with Crippen molar-refractivity contribution in [2.75, 3.05) is 0 Å². The van der Waals surface area contributed by atoms with Crippen LogP contribution in [0.25, 0.3) is 0 Å². The molecule has 4 nitrogen and oxygen atoms in total. The van der Waals surface area contributed by atoms with Gasteiger partial charge in [-0.15, -0.1) is 0 Å². The van der Waals surface area contributed by atoms with Crippen LogP contribution in [0.3, 0.4) is 0 Å². The maximum atomic E-state index is 10.8. The number of hydrogen-bond donors (Lipinski definition) is 2. The predicted molar refractivity (Wildman–Crippen MR) is 51.2 cm³/mol. The normalized spacial score (nSPS) is 16.9. The van der Waals surface area contributed by atoms with Gasteiger partial charge in [-0.3, -0.25) is 4.55 Å². The van der Waals surface area contributed by atoms with Gasteiger partial charge in [0, 0.05) is 0 Å². The average molecular weight is 210 g/mol. The summed E-state index contributed by atoms with van der Waals surface area (Å²) in [6, 6.07) is 0. The van der Waals surface area contributed by atoms with Crippen LogP contribution >= 0.6 is 0 Å². The Balaban J connectivity index is 4.24. The van der Waals surface area contributed by atoms with Crippen LogP contribution < -0.4 is 0 Å². The third-order valence-corrected chi connectivity index (χ3v) is 3.48. The fourth-order valence-electron chi connectivity index (χ4n) is 1.28. The van der Waals surface area contributed by atoms with E-state index in [1.165, 1.54) is 0 Å². The molecular formula is C8H18O4S. The van der Waals surface area contributed by atoms with Crippen molar-refractivity contribution in [1.29, 1.82) is 0 Å². The Bertz CT molecular complexity index is 222. The lowest BCUT2D eigenvalue weighted by Crippen LogP contribution is -2.33. The molecule has 0 fully saturated rings. The Kier molecular flexibility index (Phi) is 5.51. The van der Waals surface area contributed by atoms with Gasteiger partial charge in [0.2, 0.25) is 0 Å². The molecule has 0 saturated carbocycles. The van der Waals surface area contributed by atoms with Gasteiger partial charge < -0.3 is 5.11 Å². The zero-order valence-electron chi connectivity index (χ0n) is 8.10. The van der Waals surface area contributed by atoms with E-state index in [1.807, 2.05) is 6.92 Å². The van der Waals surface area contributed by atoms with Crippen molar-refractivity contribution in [3.05, 3.63) is 0 Å². The van der Waals surface area contributed by atoms with Crippen molar-refractivity contribution >= 4 is 10.1 Å². The minimum Gasteiger partial charge on any atom is -0.392 e. The van der Waals surface area contributed by atoms with Crippen molar-refractivity contribution in [1.82, 2.24) is 0 Å². The van der Waals surface area contributed by atoms with Crippen LogP contribution in [0.1, 0.15) is 39.5 Å². The molecule has 0 amide bonds. The lowest BCUT2D eigenvalue weighted by atomic mass is 10.1. The number of aliphatic hydroxyl groups is 1. The molecule has 0 radical (unpaired) electrons. The summed E-state index contributed by atoms with van der Waals surface area (Å²) in [7, 11) is -4.09. The SMILES string of the molecule is CCCCC(O)C(CC)S(=O)(=O)O. The lowest BCUT2D eigenvalue weighted by Gasteiger charge is -2.18. The highest BCUT2D eigenvalue weighted by molar-refractivity contribution is 7.86.